The molecule has 0 amide bonds. The van der Waals surface area contributed by atoms with Crippen molar-refractivity contribution < 1.29 is 0 Å². The first-order valence-corrected chi connectivity index (χ1v) is 7.28. The molecule has 4 heteroatoms. The van der Waals surface area contributed by atoms with Crippen LogP contribution in [0.3, 0.4) is 0 Å². The first kappa shape index (κ1) is 14.0. The molecule has 3 nitrogen and oxygen atoms in total. The Hall–Kier alpha value is -1.03. The Labute approximate surface area is 108 Å². The van der Waals surface area contributed by atoms with Crippen LogP contribution in [0.25, 0.3) is 6.08 Å². The fourth-order valence-corrected chi connectivity index (χ4v) is 2.05. The van der Waals surface area contributed by atoms with Gasteiger partial charge in [0.1, 0.15) is 5.82 Å². The van der Waals surface area contributed by atoms with Gasteiger partial charge in [-0.3, -0.25) is 0 Å². The van der Waals surface area contributed by atoms with Crippen molar-refractivity contribution in [3.8, 4) is 0 Å². The number of hydrogen-bond acceptors (Lipinski definition) is 4. The Balaban J connectivity index is 3.03. The van der Waals surface area contributed by atoms with Gasteiger partial charge < -0.3 is 4.90 Å². The number of rotatable bonds is 7. The third kappa shape index (κ3) is 4.04. The van der Waals surface area contributed by atoms with E-state index in [0.29, 0.717) is 0 Å². The van der Waals surface area contributed by atoms with Crippen molar-refractivity contribution in [2.45, 2.75) is 31.8 Å². The van der Waals surface area contributed by atoms with E-state index >= 15 is 0 Å². The van der Waals surface area contributed by atoms with Crippen molar-refractivity contribution in [1.82, 2.24) is 9.97 Å². The zero-order chi connectivity index (χ0) is 12.7. The van der Waals surface area contributed by atoms with Gasteiger partial charge in [-0.25, -0.2) is 9.97 Å². The van der Waals surface area contributed by atoms with Gasteiger partial charge in [-0.1, -0.05) is 32.2 Å². The maximum Gasteiger partial charge on any atom is 0.189 e. The van der Waals surface area contributed by atoms with Gasteiger partial charge in [0.25, 0.3) is 0 Å². The number of nitrogens with zero attached hydrogens (tertiary/aromatic N) is 3. The summed E-state index contributed by atoms with van der Waals surface area (Å²) < 4.78 is 0. The lowest BCUT2D eigenvalue weighted by molar-refractivity contribution is 0.724. The van der Waals surface area contributed by atoms with Crippen LogP contribution >= 0.6 is 11.8 Å². The molecular weight excluding hydrogens is 230 g/mol. The van der Waals surface area contributed by atoms with E-state index in [1.54, 1.807) is 17.8 Å². The van der Waals surface area contributed by atoms with Gasteiger partial charge in [0, 0.05) is 19.2 Å². The Morgan fingerprint density at radius 1 is 1.29 bits per heavy atom. The van der Waals surface area contributed by atoms with Crippen LogP contribution in [0.4, 0.5) is 5.82 Å². The Bertz CT molecular complexity index is 360. The number of thioether (sulfide) groups is 1. The van der Waals surface area contributed by atoms with Gasteiger partial charge in [-0.05, 0) is 25.2 Å². The zero-order valence-corrected chi connectivity index (χ0v) is 11.8. The highest BCUT2D eigenvalue weighted by Gasteiger charge is 2.09. The molecule has 1 aromatic rings. The first-order chi connectivity index (χ1) is 8.24. The minimum Gasteiger partial charge on any atom is -0.356 e. The normalized spacial score (nSPS) is 10.3. The minimum atomic E-state index is 0.814. The van der Waals surface area contributed by atoms with Crippen molar-refractivity contribution in [3.05, 3.63) is 18.3 Å². The van der Waals surface area contributed by atoms with Gasteiger partial charge in [0.2, 0.25) is 0 Å². The fourth-order valence-electron chi connectivity index (χ4n) is 1.67. The average molecular weight is 251 g/mol. The van der Waals surface area contributed by atoms with E-state index in [1.165, 1.54) is 0 Å². The molecule has 0 aliphatic carbocycles. The Morgan fingerprint density at radius 3 is 2.41 bits per heavy atom. The van der Waals surface area contributed by atoms with Crippen molar-refractivity contribution >= 4 is 23.7 Å². The summed E-state index contributed by atoms with van der Waals surface area (Å²) in [5.41, 5.74) is 0.900. The van der Waals surface area contributed by atoms with Gasteiger partial charge in [0.15, 0.2) is 5.16 Å². The predicted molar refractivity (Wildman–Crippen MR) is 76.7 cm³/mol. The van der Waals surface area contributed by atoms with Gasteiger partial charge in [-0.15, -0.1) is 0 Å². The van der Waals surface area contributed by atoms with Crippen LogP contribution in [-0.4, -0.2) is 29.3 Å². The highest BCUT2D eigenvalue weighted by Crippen LogP contribution is 2.18. The van der Waals surface area contributed by atoms with Gasteiger partial charge in [0.05, 0.1) is 5.69 Å². The molecule has 0 aromatic carbocycles. The topological polar surface area (TPSA) is 29.0 Å². The van der Waals surface area contributed by atoms with Crippen molar-refractivity contribution in [2.75, 3.05) is 24.2 Å². The molecular formula is C13H21N3S. The lowest BCUT2D eigenvalue weighted by atomic mass is 10.3. The molecule has 0 radical (unpaired) electrons. The second kappa shape index (κ2) is 7.33. The van der Waals surface area contributed by atoms with E-state index in [9.17, 15) is 0 Å². The van der Waals surface area contributed by atoms with Gasteiger partial charge in [-0.2, -0.15) is 0 Å². The smallest absolute Gasteiger partial charge is 0.189 e. The molecule has 1 aromatic heterocycles. The van der Waals surface area contributed by atoms with Gasteiger partial charge >= 0.3 is 0 Å². The molecule has 0 N–H and O–H groups in total. The maximum atomic E-state index is 4.57. The lowest BCUT2D eigenvalue weighted by Gasteiger charge is -2.23. The van der Waals surface area contributed by atoms with E-state index in [2.05, 4.69) is 35.3 Å². The summed E-state index contributed by atoms with van der Waals surface area (Å²) in [5.74, 6) is 1.02. The molecule has 0 aliphatic heterocycles. The average Bonchev–Trinajstić information content (AvgIpc) is 2.37. The summed E-state index contributed by atoms with van der Waals surface area (Å²) in [4.78, 5) is 11.3. The Kier molecular flexibility index (Phi) is 6.05. The second-order valence-corrected chi connectivity index (χ2v) is 4.60. The minimum absolute atomic E-state index is 0.814. The third-order valence-corrected chi connectivity index (χ3v) is 2.96. The summed E-state index contributed by atoms with van der Waals surface area (Å²) in [6, 6.07) is 2.01. The lowest BCUT2D eigenvalue weighted by Crippen LogP contribution is -2.26. The first-order valence-electron chi connectivity index (χ1n) is 6.05. The summed E-state index contributed by atoms with van der Waals surface area (Å²) in [6.07, 6.45) is 6.03. The van der Waals surface area contributed by atoms with Crippen LogP contribution in [0.5, 0.6) is 0 Å². The van der Waals surface area contributed by atoms with Crippen LogP contribution in [0.1, 0.15) is 32.4 Å². The SMILES string of the molecule is C=Cc1cc(N(CCC)CCC)nc(SC)n1. The maximum absolute atomic E-state index is 4.57. The molecule has 0 bridgehead atoms. The highest BCUT2D eigenvalue weighted by atomic mass is 32.2. The summed E-state index contributed by atoms with van der Waals surface area (Å²) in [7, 11) is 0. The summed E-state index contributed by atoms with van der Waals surface area (Å²) >= 11 is 1.57. The largest absolute Gasteiger partial charge is 0.356 e. The number of hydrogen-bond donors (Lipinski definition) is 0. The van der Waals surface area contributed by atoms with Crippen LogP contribution in [0, 0.1) is 0 Å². The molecule has 1 rings (SSSR count). The van der Waals surface area contributed by atoms with Crippen LogP contribution in [0.2, 0.25) is 0 Å². The molecule has 0 aliphatic rings. The van der Waals surface area contributed by atoms with E-state index in [-0.39, 0.29) is 0 Å². The monoisotopic (exact) mass is 251 g/mol. The molecule has 0 saturated heterocycles. The molecule has 1 heterocycles. The van der Waals surface area contributed by atoms with E-state index in [0.717, 1.165) is 42.6 Å². The molecule has 17 heavy (non-hydrogen) atoms. The van der Waals surface area contributed by atoms with Crippen molar-refractivity contribution in [1.29, 1.82) is 0 Å². The number of aromatic nitrogens is 2. The molecule has 0 unspecified atom stereocenters. The molecule has 0 saturated carbocycles. The molecule has 0 atom stereocenters. The molecule has 0 spiro atoms. The standard InChI is InChI=1S/C13H21N3S/c1-5-8-16(9-6-2)12-10-11(7-3)14-13(15-12)17-4/h7,10H,3,5-6,8-9H2,1-2,4H3. The van der Waals surface area contributed by atoms with Crippen molar-refractivity contribution in [3.63, 3.8) is 0 Å². The third-order valence-electron chi connectivity index (χ3n) is 2.41. The highest BCUT2D eigenvalue weighted by molar-refractivity contribution is 7.98. The summed E-state index contributed by atoms with van der Waals surface area (Å²) in [5, 5.41) is 0.814. The summed E-state index contributed by atoms with van der Waals surface area (Å²) in [6.45, 7) is 10.2. The molecule has 0 fully saturated rings. The zero-order valence-electron chi connectivity index (χ0n) is 10.9. The Morgan fingerprint density at radius 2 is 1.94 bits per heavy atom. The van der Waals surface area contributed by atoms with E-state index in [1.807, 2.05) is 12.3 Å². The van der Waals surface area contributed by atoms with Crippen LogP contribution < -0.4 is 4.90 Å². The van der Waals surface area contributed by atoms with Crippen LogP contribution in [0.15, 0.2) is 17.8 Å². The molecule has 94 valence electrons. The number of anilines is 1. The van der Waals surface area contributed by atoms with E-state index in [4.69, 9.17) is 0 Å². The van der Waals surface area contributed by atoms with Crippen LogP contribution in [-0.2, 0) is 0 Å². The van der Waals surface area contributed by atoms with Crippen molar-refractivity contribution in [2.24, 2.45) is 0 Å². The second-order valence-electron chi connectivity index (χ2n) is 3.83. The van der Waals surface area contributed by atoms with E-state index < -0.39 is 0 Å². The quantitative estimate of drug-likeness (QED) is 0.548. The fraction of sp³-hybridized carbons (Fsp3) is 0.538. The predicted octanol–water partition coefficient (Wildman–Crippen LogP) is 3.47.